The summed E-state index contributed by atoms with van der Waals surface area (Å²) in [6.45, 7) is 4.05. The molecule has 6 heteroatoms. The monoisotopic (exact) mass is 481 g/mol. The van der Waals surface area contributed by atoms with Gasteiger partial charge in [0.1, 0.15) is 30.0 Å². The minimum Gasteiger partial charge on any atom is -0.506 e. The molecule has 2 aliphatic heterocycles. The maximum absolute atomic E-state index is 10.1. The molecular formula is C27H28ClNO3S. The van der Waals surface area contributed by atoms with Crippen LogP contribution in [0.25, 0.3) is 0 Å². The van der Waals surface area contributed by atoms with Crippen LogP contribution in [0.1, 0.15) is 41.7 Å². The molecule has 0 aliphatic carbocycles. The largest absolute Gasteiger partial charge is 0.506 e. The Hall–Kier alpha value is -2.34. The maximum atomic E-state index is 10.1. The molecule has 1 fully saturated rings. The zero-order valence-corrected chi connectivity index (χ0v) is 20.0. The predicted octanol–water partition coefficient (Wildman–Crippen LogP) is 6.88. The van der Waals surface area contributed by atoms with Crippen molar-refractivity contribution in [3.05, 3.63) is 82.9 Å². The van der Waals surface area contributed by atoms with Gasteiger partial charge in [0.15, 0.2) is 0 Å². The fraction of sp³-hybridized carbons (Fsp3) is 0.333. The van der Waals surface area contributed by atoms with Gasteiger partial charge < -0.3 is 14.6 Å². The average Bonchev–Trinajstić information content (AvgIpc) is 2.86. The Morgan fingerprint density at radius 2 is 1.73 bits per heavy atom. The fourth-order valence-electron chi connectivity index (χ4n) is 4.46. The van der Waals surface area contributed by atoms with E-state index < -0.39 is 0 Å². The third kappa shape index (κ3) is 5.26. The highest BCUT2D eigenvalue weighted by atomic mass is 35.5. The van der Waals surface area contributed by atoms with E-state index in [0.717, 1.165) is 22.8 Å². The van der Waals surface area contributed by atoms with Crippen molar-refractivity contribution in [2.45, 2.75) is 35.5 Å². The van der Waals surface area contributed by atoms with Crippen LogP contribution in [-0.4, -0.2) is 36.2 Å². The minimum absolute atomic E-state index is 0.0464. The van der Waals surface area contributed by atoms with Gasteiger partial charge in [-0.1, -0.05) is 60.5 Å². The van der Waals surface area contributed by atoms with Crippen molar-refractivity contribution in [2.24, 2.45) is 0 Å². The van der Waals surface area contributed by atoms with Gasteiger partial charge >= 0.3 is 0 Å². The molecule has 1 N–H and O–H groups in total. The number of nitrogens with zero attached hydrogens (tertiary/aromatic N) is 1. The molecule has 4 nitrogen and oxygen atoms in total. The van der Waals surface area contributed by atoms with Crippen LogP contribution < -0.4 is 9.47 Å². The molecule has 0 radical (unpaired) electrons. The molecule has 1 saturated heterocycles. The van der Waals surface area contributed by atoms with E-state index in [4.69, 9.17) is 21.1 Å². The lowest BCUT2D eigenvalue weighted by Gasteiger charge is -2.34. The Bertz CT molecular complexity index is 1070. The van der Waals surface area contributed by atoms with E-state index in [0.29, 0.717) is 17.4 Å². The van der Waals surface area contributed by atoms with Crippen LogP contribution in [0.15, 0.2) is 71.6 Å². The van der Waals surface area contributed by atoms with Gasteiger partial charge in [-0.2, -0.15) is 0 Å². The van der Waals surface area contributed by atoms with Crippen LogP contribution in [0.5, 0.6) is 17.2 Å². The molecule has 172 valence electrons. The number of halogens is 1. The predicted molar refractivity (Wildman–Crippen MR) is 134 cm³/mol. The zero-order valence-electron chi connectivity index (χ0n) is 18.5. The van der Waals surface area contributed by atoms with Crippen molar-refractivity contribution < 1.29 is 14.6 Å². The third-order valence-electron chi connectivity index (χ3n) is 6.26. The normalized spacial score (nSPS) is 20.6. The Balaban J connectivity index is 1.33. The minimum atomic E-state index is -0.187. The number of aromatic hydroxyl groups is 1. The van der Waals surface area contributed by atoms with Gasteiger partial charge in [-0.05, 0) is 55.3 Å². The second-order valence-corrected chi connectivity index (χ2v) is 10.1. The van der Waals surface area contributed by atoms with Gasteiger partial charge in [-0.3, -0.25) is 4.90 Å². The van der Waals surface area contributed by atoms with E-state index in [9.17, 15) is 5.11 Å². The molecule has 0 spiro atoms. The van der Waals surface area contributed by atoms with E-state index in [1.807, 2.05) is 30.3 Å². The van der Waals surface area contributed by atoms with E-state index in [1.54, 1.807) is 23.9 Å². The summed E-state index contributed by atoms with van der Waals surface area (Å²) < 4.78 is 12.5. The molecule has 3 aromatic carbocycles. The van der Waals surface area contributed by atoms with Crippen molar-refractivity contribution in [3.8, 4) is 17.2 Å². The number of piperidine rings is 1. The SMILES string of the molecule is Oc1cc2c(cc1Cl)O[C@H](c1ccc(OCCN3CCCCC3)cc1)[C@H](c1ccccc1)S2. The summed E-state index contributed by atoms with van der Waals surface area (Å²) in [5.74, 6) is 1.65. The van der Waals surface area contributed by atoms with E-state index >= 15 is 0 Å². The summed E-state index contributed by atoms with van der Waals surface area (Å²) in [7, 11) is 0. The van der Waals surface area contributed by atoms with Gasteiger partial charge in [0, 0.05) is 12.6 Å². The molecule has 2 atom stereocenters. The number of phenols is 1. The Kier molecular flexibility index (Phi) is 7.00. The first-order valence-corrected chi connectivity index (χ1v) is 12.8. The number of phenolic OH excluding ortho intramolecular Hbond substituents is 1. The summed E-state index contributed by atoms with van der Waals surface area (Å²) in [5.41, 5.74) is 2.25. The van der Waals surface area contributed by atoms with E-state index in [1.165, 1.54) is 37.9 Å². The second kappa shape index (κ2) is 10.3. The summed E-state index contributed by atoms with van der Waals surface area (Å²) in [6, 6.07) is 22.0. The zero-order chi connectivity index (χ0) is 22.6. The number of likely N-dealkylation sites (tertiary alicyclic amines) is 1. The van der Waals surface area contributed by atoms with Crippen LogP contribution in [0.2, 0.25) is 5.02 Å². The third-order valence-corrected chi connectivity index (χ3v) is 7.91. The highest BCUT2D eigenvalue weighted by Gasteiger charge is 2.34. The smallest absolute Gasteiger partial charge is 0.140 e. The molecule has 0 unspecified atom stereocenters. The standard InChI is InChI=1S/C27H28ClNO3S/c28-22-17-24-25(18-23(22)30)33-27(20-7-3-1-4-8-20)26(32-24)19-9-11-21(12-10-19)31-16-15-29-13-5-2-6-14-29/h1,3-4,7-12,17-18,26-27,30H,2,5-6,13-16H2/t26-,27+/m1/s1. The molecule has 5 rings (SSSR count). The molecular weight excluding hydrogens is 454 g/mol. The molecule has 0 aromatic heterocycles. The average molecular weight is 482 g/mol. The Morgan fingerprint density at radius 1 is 0.970 bits per heavy atom. The van der Waals surface area contributed by atoms with Gasteiger partial charge in [-0.15, -0.1) is 11.8 Å². The quantitative estimate of drug-likeness (QED) is 0.415. The van der Waals surface area contributed by atoms with Crippen molar-refractivity contribution in [1.29, 1.82) is 0 Å². The van der Waals surface area contributed by atoms with Crippen LogP contribution in [0.3, 0.4) is 0 Å². The summed E-state index contributed by atoms with van der Waals surface area (Å²) >= 11 is 7.85. The molecule has 0 saturated carbocycles. The highest BCUT2D eigenvalue weighted by molar-refractivity contribution is 7.99. The van der Waals surface area contributed by atoms with E-state index in [-0.39, 0.29) is 17.1 Å². The van der Waals surface area contributed by atoms with Gasteiger partial charge in [-0.25, -0.2) is 0 Å². The van der Waals surface area contributed by atoms with Crippen molar-refractivity contribution >= 4 is 23.4 Å². The number of benzene rings is 3. The second-order valence-electron chi connectivity index (χ2n) is 8.56. The van der Waals surface area contributed by atoms with E-state index in [2.05, 4.69) is 29.2 Å². The van der Waals surface area contributed by atoms with Crippen LogP contribution >= 0.6 is 23.4 Å². The van der Waals surface area contributed by atoms with Crippen molar-refractivity contribution in [3.63, 3.8) is 0 Å². The van der Waals surface area contributed by atoms with Crippen LogP contribution in [0.4, 0.5) is 0 Å². The van der Waals surface area contributed by atoms with Gasteiger partial charge in [0.25, 0.3) is 0 Å². The molecule has 33 heavy (non-hydrogen) atoms. The first-order valence-electron chi connectivity index (χ1n) is 11.5. The number of rotatable bonds is 6. The van der Waals surface area contributed by atoms with Crippen molar-refractivity contribution in [2.75, 3.05) is 26.2 Å². The first kappa shape index (κ1) is 22.5. The number of hydrogen-bond acceptors (Lipinski definition) is 5. The Labute approximate surface area is 204 Å². The van der Waals surface area contributed by atoms with Gasteiger partial charge in [0.05, 0.1) is 15.2 Å². The molecule has 0 bridgehead atoms. The molecule has 0 amide bonds. The number of ether oxygens (including phenoxy) is 2. The van der Waals surface area contributed by atoms with Crippen molar-refractivity contribution in [1.82, 2.24) is 4.90 Å². The maximum Gasteiger partial charge on any atom is 0.140 e. The Morgan fingerprint density at radius 3 is 2.48 bits per heavy atom. The van der Waals surface area contributed by atoms with Crippen LogP contribution in [-0.2, 0) is 0 Å². The lowest BCUT2D eigenvalue weighted by molar-refractivity contribution is 0.182. The summed E-state index contributed by atoms with van der Waals surface area (Å²) in [5, 5.41) is 10.4. The topological polar surface area (TPSA) is 41.9 Å². The highest BCUT2D eigenvalue weighted by Crippen LogP contribution is 2.54. The summed E-state index contributed by atoms with van der Waals surface area (Å²) in [4.78, 5) is 3.37. The number of fused-ring (bicyclic) bond motifs is 1. The lowest BCUT2D eigenvalue weighted by Crippen LogP contribution is -2.33. The fourth-order valence-corrected chi connectivity index (χ4v) is 5.92. The lowest BCUT2D eigenvalue weighted by atomic mass is 10.00. The molecule has 3 aromatic rings. The van der Waals surface area contributed by atoms with Crippen LogP contribution in [0, 0.1) is 0 Å². The molecule has 2 aliphatic rings. The number of thioether (sulfide) groups is 1. The molecule has 2 heterocycles. The first-order chi connectivity index (χ1) is 16.2. The number of hydrogen-bond donors (Lipinski definition) is 1. The summed E-state index contributed by atoms with van der Waals surface area (Å²) in [6.07, 6.45) is 3.75. The van der Waals surface area contributed by atoms with Gasteiger partial charge in [0.2, 0.25) is 0 Å².